The van der Waals surface area contributed by atoms with Gasteiger partial charge in [0.05, 0.1) is 0 Å². The highest BCUT2D eigenvalue weighted by Gasteiger charge is 2.10. The minimum atomic E-state index is 0. The molecule has 1 atom stereocenters. The van der Waals surface area contributed by atoms with Gasteiger partial charge in [0.1, 0.15) is 0 Å². The summed E-state index contributed by atoms with van der Waals surface area (Å²) in [6, 6.07) is 0.847. The fourth-order valence-corrected chi connectivity index (χ4v) is 2.58. The van der Waals surface area contributed by atoms with E-state index in [1.54, 1.807) is 0 Å². The summed E-state index contributed by atoms with van der Waals surface area (Å²) in [4.78, 5) is 0. The highest BCUT2D eigenvalue weighted by atomic mass is 79.9. The minimum absolute atomic E-state index is 0. The Hall–Kier alpha value is 0.920. The van der Waals surface area contributed by atoms with Crippen molar-refractivity contribution in [1.29, 1.82) is 0 Å². The Balaban J connectivity index is 0.00000196. The van der Waals surface area contributed by atoms with E-state index in [1.807, 2.05) is 0 Å². The van der Waals surface area contributed by atoms with Crippen LogP contribution in [0.5, 0.6) is 0 Å². The van der Waals surface area contributed by atoms with Gasteiger partial charge in [-0.1, -0.05) is 48.0 Å². The van der Waals surface area contributed by atoms with Crippen LogP contribution in [0.2, 0.25) is 0 Å². The van der Waals surface area contributed by atoms with Crippen molar-refractivity contribution >= 4 is 32.9 Å². The van der Waals surface area contributed by atoms with Crippen LogP contribution in [-0.4, -0.2) is 17.9 Å². The van der Waals surface area contributed by atoms with E-state index in [1.165, 1.54) is 69.7 Å². The molecule has 1 rings (SSSR count). The molecule has 0 aromatic heterocycles. The van der Waals surface area contributed by atoms with Crippen molar-refractivity contribution in [2.24, 2.45) is 0 Å². The first-order valence-electron chi connectivity index (χ1n) is 6.23. The van der Waals surface area contributed by atoms with Gasteiger partial charge >= 0.3 is 0 Å². The molecule has 0 amide bonds. The van der Waals surface area contributed by atoms with E-state index in [-0.39, 0.29) is 17.0 Å². The number of halogens is 2. The van der Waals surface area contributed by atoms with Crippen molar-refractivity contribution in [1.82, 2.24) is 5.32 Å². The van der Waals surface area contributed by atoms with Gasteiger partial charge in [-0.05, 0) is 32.2 Å². The number of hydrogen-bond donors (Lipinski definition) is 1. The maximum Gasteiger partial charge on any atom is 0.00670 e. The average Bonchev–Trinajstić information content (AvgIpc) is 2.25. The molecule has 0 aromatic carbocycles. The summed E-state index contributed by atoms with van der Waals surface area (Å²) in [5.74, 6) is 0. The molecule has 0 aliphatic carbocycles. The Morgan fingerprint density at radius 3 is 2.40 bits per heavy atom. The molecule has 92 valence electrons. The van der Waals surface area contributed by atoms with Crippen molar-refractivity contribution in [3.05, 3.63) is 0 Å². The van der Waals surface area contributed by atoms with Crippen LogP contribution in [-0.2, 0) is 0 Å². The number of piperidine rings is 1. The van der Waals surface area contributed by atoms with E-state index in [0.29, 0.717) is 0 Å². The summed E-state index contributed by atoms with van der Waals surface area (Å²) < 4.78 is 0. The van der Waals surface area contributed by atoms with Crippen molar-refractivity contribution in [3.8, 4) is 0 Å². The second-order valence-corrected chi connectivity index (χ2v) is 5.19. The Labute approximate surface area is 114 Å². The van der Waals surface area contributed by atoms with E-state index in [0.717, 1.165) is 6.04 Å². The molecule has 3 heteroatoms. The standard InChI is InChI=1S/C12H24BrN.BrH/c13-10-6-3-1-2-4-8-12-9-5-7-11-14-12;/h12,14H,1-11H2;1H. The topological polar surface area (TPSA) is 12.0 Å². The second kappa shape index (κ2) is 11.4. The fraction of sp³-hybridized carbons (Fsp3) is 1.00. The van der Waals surface area contributed by atoms with Gasteiger partial charge in [0.2, 0.25) is 0 Å². The lowest BCUT2D eigenvalue weighted by Gasteiger charge is -2.23. The molecule has 1 aliphatic heterocycles. The fourth-order valence-electron chi connectivity index (χ4n) is 2.19. The zero-order chi connectivity index (χ0) is 10.1. The SMILES string of the molecule is Br.BrCCCCCCCC1CCCCN1. The van der Waals surface area contributed by atoms with Gasteiger partial charge in [-0.15, -0.1) is 17.0 Å². The van der Waals surface area contributed by atoms with Gasteiger partial charge in [0.25, 0.3) is 0 Å². The summed E-state index contributed by atoms with van der Waals surface area (Å²) in [6.07, 6.45) is 12.7. The molecule has 0 aromatic rings. The summed E-state index contributed by atoms with van der Waals surface area (Å²) >= 11 is 3.47. The average molecular weight is 343 g/mol. The molecule has 1 heterocycles. The van der Waals surface area contributed by atoms with Crippen LogP contribution >= 0.6 is 32.9 Å². The van der Waals surface area contributed by atoms with Crippen LogP contribution < -0.4 is 5.32 Å². The first kappa shape index (κ1) is 15.9. The van der Waals surface area contributed by atoms with E-state index in [9.17, 15) is 0 Å². The molecule has 0 saturated carbocycles. The predicted molar refractivity (Wildman–Crippen MR) is 77.5 cm³/mol. The van der Waals surface area contributed by atoms with Crippen molar-refractivity contribution in [2.45, 2.75) is 63.8 Å². The molecule has 1 unspecified atom stereocenters. The summed E-state index contributed by atoms with van der Waals surface area (Å²) in [5.41, 5.74) is 0. The molecule has 1 nitrogen and oxygen atoms in total. The highest BCUT2D eigenvalue weighted by Crippen LogP contribution is 2.14. The minimum Gasteiger partial charge on any atom is -0.314 e. The van der Waals surface area contributed by atoms with Crippen molar-refractivity contribution < 1.29 is 0 Å². The number of rotatable bonds is 7. The molecule has 1 aliphatic rings. The lowest BCUT2D eigenvalue weighted by Crippen LogP contribution is -2.33. The van der Waals surface area contributed by atoms with Crippen LogP contribution in [0.1, 0.15) is 57.8 Å². The second-order valence-electron chi connectivity index (χ2n) is 4.39. The van der Waals surface area contributed by atoms with Gasteiger partial charge in [-0.2, -0.15) is 0 Å². The zero-order valence-corrected chi connectivity index (χ0v) is 12.9. The van der Waals surface area contributed by atoms with Crippen LogP contribution in [0.15, 0.2) is 0 Å². The molecule has 0 radical (unpaired) electrons. The van der Waals surface area contributed by atoms with Crippen LogP contribution in [0, 0.1) is 0 Å². The summed E-state index contributed by atoms with van der Waals surface area (Å²) in [7, 11) is 0. The quantitative estimate of drug-likeness (QED) is 0.532. The number of hydrogen-bond acceptors (Lipinski definition) is 1. The Morgan fingerprint density at radius 2 is 1.73 bits per heavy atom. The van der Waals surface area contributed by atoms with E-state index in [2.05, 4.69) is 21.2 Å². The predicted octanol–water partition coefficient (Wildman–Crippen LogP) is 4.44. The van der Waals surface area contributed by atoms with E-state index >= 15 is 0 Å². The lowest BCUT2D eigenvalue weighted by molar-refractivity contribution is 0.370. The van der Waals surface area contributed by atoms with Crippen LogP contribution in [0.3, 0.4) is 0 Å². The molecule has 0 spiro atoms. The van der Waals surface area contributed by atoms with Gasteiger partial charge in [0.15, 0.2) is 0 Å². The number of unbranched alkanes of at least 4 members (excludes halogenated alkanes) is 4. The first-order chi connectivity index (χ1) is 6.93. The highest BCUT2D eigenvalue weighted by molar-refractivity contribution is 9.09. The van der Waals surface area contributed by atoms with Crippen LogP contribution in [0.25, 0.3) is 0 Å². The van der Waals surface area contributed by atoms with Crippen molar-refractivity contribution in [2.75, 3.05) is 11.9 Å². The van der Waals surface area contributed by atoms with Gasteiger partial charge in [-0.3, -0.25) is 0 Å². The molecule has 1 N–H and O–H groups in total. The van der Waals surface area contributed by atoms with Crippen molar-refractivity contribution in [3.63, 3.8) is 0 Å². The third-order valence-electron chi connectivity index (χ3n) is 3.10. The Kier molecular flexibility index (Phi) is 12.1. The third-order valence-corrected chi connectivity index (χ3v) is 3.66. The van der Waals surface area contributed by atoms with Gasteiger partial charge < -0.3 is 5.32 Å². The molecule has 0 bridgehead atoms. The molecule has 1 saturated heterocycles. The Bertz CT molecular complexity index is 125. The summed E-state index contributed by atoms with van der Waals surface area (Å²) in [5, 5.41) is 4.79. The van der Waals surface area contributed by atoms with E-state index < -0.39 is 0 Å². The normalized spacial score (nSPS) is 21.0. The monoisotopic (exact) mass is 341 g/mol. The van der Waals surface area contributed by atoms with Crippen LogP contribution in [0.4, 0.5) is 0 Å². The number of nitrogens with one attached hydrogen (secondary N) is 1. The first-order valence-corrected chi connectivity index (χ1v) is 7.35. The smallest absolute Gasteiger partial charge is 0.00670 e. The maximum absolute atomic E-state index is 3.61. The maximum atomic E-state index is 3.61. The molecular formula is C12H25Br2N. The molecule has 15 heavy (non-hydrogen) atoms. The molecular weight excluding hydrogens is 318 g/mol. The molecule has 1 fully saturated rings. The van der Waals surface area contributed by atoms with Gasteiger partial charge in [0, 0.05) is 11.4 Å². The van der Waals surface area contributed by atoms with Gasteiger partial charge in [-0.25, -0.2) is 0 Å². The third kappa shape index (κ3) is 8.70. The summed E-state index contributed by atoms with van der Waals surface area (Å²) in [6.45, 7) is 1.26. The largest absolute Gasteiger partial charge is 0.314 e. The zero-order valence-electron chi connectivity index (χ0n) is 9.64. The lowest BCUT2D eigenvalue weighted by atomic mass is 9.99. The number of alkyl halides is 1. The van der Waals surface area contributed by atoms with E-state index in [4.69, 9.17) is 0 Å². The Morgan fingerprint density at radius 1 is 1.00 bits per heavy atom.